The first-order valence-electron chi connectivity index (χ1n) is 6.91. The second-order valence-corrected chi connectivity index (χ2v) is 7.10. The van der Waals surface area contributed by atoms with Gasteiger partial charge in [-0.1, -0.05) is 20.8 Å². The number of alkyl carbamates (subject to hydrolysis) is 1. The maximum Gasteiger partial charge on any atom is 0.407 e. The lowest BCUT2D eigenvalue weighted by molar-refractivity contribution is -0.0267. The molecule has 1 saturated heterocycles. The van der Waals surface area contributed by atoms with Gasteiger partial charge in [-0.05, 0) is 26.2 Å². The Morgan fingerprint density at radius 3 is 2.37 bits per heavy atom. The summed E-state index contributed by atoms with van der Waals surface area (Å²) in [5, 5.41) is 6.25. The molecule has 0 saturated carbocycles. The lowest BCUT2D eigenvalue weighted by atomic mass is 9.83. The van der Waals surface area contributed by atoms with Gasteiger partial charge in [0.2, 0.25) is 0 Å². The Morgan fingerprint density at radius 1 is 1.32 bits per heavy atom. The zero-order valence-corrected chi connectivity index (χ0v) is 13.0. The van der Waals surface area contributed by atoms with Gasteiger partial charge in [0.25, 0.3) is 0 Å². The highest BCUT2D eigenvalue weighted by molar-refractivity contribution is 5.68. The van der Waals surface area contributed by atoms with Gasteiger partial charge >= 0.3 is 6.09 Å². The largest absolute Gasteiger partial charge is 0.444 e. The van der Waals surface area contributed by atoms with Gasteiger partial charge in [-0.25, -0.2) is 4.79 Å². The van der Waals surface area contributed by atoms with Crippen molar-refractivity contribution < 1.29 is 14.3 Å². The van der Waals surface area contributed by atoms with E-state index in [4.69, 9.17) is 9.47 Å². The number of morpholine rings is 1. The van der Waals surface area contributed by atoms with Crippen LogP contribution < -0.4 is 10.6 Å². The van der Waals surface area contributed by atoms with Crippen LogP contribution in [0.4, 0.5) is 4.79 Å². The minimum absolute atomic E-state index is 0.0266. The number of amides is 1. The van der Waals surface area contributed by atoms with Crippen molar-refractivity contribution in [1.82, 2.24) is 10.6 Å². The lowest BCUT2D eigenvalue weighted by Gasteiger charge is -2.39. The van der Waals surface area contributed by atoms with Gasteiger partial charge < -0.3 is 20.1 Å². The van der Waals surface area contributed by atoms with Gasteiger partial charge in [-0.2, -0.15) is 0 Å². The first-order chi connectivity index (χ1) is 8.59. The van der Waals surface area contributed by atoms with Gasteiger partial charge in [-0.15, -0.1) is 0 Å². The molecular formula is C14H28N2O3. The molecule has 1 fully saturated rings. The van der Waals surface area contributed by atoms with Crippen molar-refractivity contribution in [2.24, 2.45) is 5.41 Å². The van der Waals surface area contributed by atoms with Gasteiger partial charge in [0.05, 0.1) is 18.8 Å². The minimum Gasteiger partial charge on any atom is -0.444 e. The molecule has 0 aromatic heterocycles. The summed E-state index contributed by atoms with van der Waals surface area (Å²) in [5.41, 5.74) is -0.585. The van der Waals surface area contributed by atoms with Crippen LogP contribution in [-0.2, 0) is 9.47 Å². The van der Waals surface area contributed by atoms with Gasteiger partial charge in [0.15, 0.2) is 0 Å². The molecular weight excluding hydrogens is 244 g/mol. The zero-order valence-electron chi connectivity index (χ0n) is 13.0. The second-order valence-electron chi connectivity index (χ2n) is 7.10. The zero-order chi connectivity index (χ0) is 14.7. The maximum absolute atomic E-state index is 11.9. The highest BCUT2D eigenvalue weighted by atomic mass is 16.6. The molecule has 1 aliphatic rings. The molecule has 0 aromatic rings. The number of carbonyl (C=O) groups excluding carboxylic acids is 1. The van der Waals surface area contributed by atoms with Crippen molar-refractivity contribution in [1.29, 1.82) is 0 Å². The molecule has 5 heteroatoms. The number of carbonyl (C=O) groups is 1. The summed E-state index contributed by atoms with van der Waals surface area (Å²) in [4.78, 5) is 11.9. The van der Waals surface area contributed by atoms with Crippen LogP contribution in [0.2, 0.25) is 0 Å². The topological polar surface area (TPSA) is 59.6 Å². The van der Waals surface area contributed by atoms with E-state index in [1.165, 1.54) is 0 Å². The third kappa shape index (κ3) is 5.78. The summed E-state index contributed by atoms with van der Waals surface area (Å²) in [5.74, 6) is 0. The summed E-state index contributed by atoms with van der Waals surface area (Å²) in [6.07, 6.45) is -0.414. The molecule has 1 rings (SSSR count). The average Bonchev–Trinajstić information content (AvgIpc) is 2.23. The Kier molecular flexibility index (Phi) is 5.21. The number of hydrogen-bond acceptors (Lipinski definition) is 4. The molecule has 2 unspecified atom stereocenters. The molecule has 1 amide bonds. The molecule has 0 aromatic carbocycles. The second kappa shape index (κ2) is 6.09. The standard InChI is InChI=1S/C14H28N2O3/c1-13(2,3)11(10-9-15-7-8-18-10)16-12(17)19-14(4,5)6/h10-11,15H,7-9H2,1-6H3,(H,16,17). The van der Waals surface area contributed by atoms with Crippen molar-refractivity contribution in [2.45, 2.75) is 59.3 Å². The number of hydrogen-bond donors (Lipinski definition) is 2. The van der Waals surface area contributed by atoms with Crippen LogP contribution in [-0.4, -0.2) is 43.5 Å². The van der Waals surface area contributed by atoms with E-state index in [1.807, 2.05) is 20.8 Å². The van der Waals surface area contributed by atoms with E-state index in [9.17, 15) is 4.79 Å². The molecule has 0 aliphatic carbocycles. The van der Waals surface area contributed by atoms with E-state index < -0.39 is 5.60 Å². The minimum atomic E-state index is -0.488. The molecule has 19 heavy (non-hydrogen) atoms. The summed E-state index contributed by atoms with van der Waals surface area (Å²) in [6.45, 7) is 14.1. The molecule has 2 N–H and O–H groups in total. The van der Waals surface area contributed by atoms with Crippen LogP contribution in [0.5, 0.6) is 0 Å². The molecule has 1 heterocycles. The normalized spacial score (nSPS) is 22.7. The van der Waals surface area contributed by atoms with E-state index in [2.05, 4.69) is 31.4 Å². The van der Waals surface area contributed by atoms with Crippen LogP contribution in [0.3, 0.4) is 0 Å². The number of rotatable bonds is 2. The van der Waals surface area contributed by atoms with E-state index in [-0.39, 0.29) is 23.7 Å². The molecule has 0 radical (unpaired) electrons. The Morgan fingerprint density at radius 2 is 1.95 bits per heavy atom. The van der Waals surface area contributed by atoms with Gasteiger partial charge in [-0.3, -0.25) is 0 Å². The maximum atomic E-state index is 11.9. The third-order valence-corrected chi connectivity index (χ3v) is 2.93. The molecule has 2 atom stereocenters. The van der Waals surface area contributed by atoms with E-state index in [0.717, 1.165) is 13.1 Å². The predicted molar refractivity (Wildman–Crippen MR) is 75.2 cm³/mol. The number of ether oxygens (including phenoxy) is 2. The van der Waals surface area contributed by atoms with Crippen molar-refractivity contribution in [3.63, 3.8) is 0 Å². The fraction of sp³-hybridized carbons (Fsp3) is 0.929. The van der Waals surface area contributed by atoms with Crippen LogP contribution in [0.15, 0.2) is 0 Å². The van der Waals surface area contributed by atoms with Gasteiger partial charge in [0.1, 0.15) is 5.60 Å². The van der Waals surface area contributed by atoms with E-state index in [1.54, 1.807) is 0 Å². The Hall–Kier alpha value is -0.810. The SMILES string of the molecule is CC(C)(C)OC(=O)NC(C1CNCCO1)C(C)(C)C. The summed E-state index contributed by atoms with van der Waals surface area (Å²) >= 11 is 0. The number of nitrogens with one attached hydrogen (secondary N) is 2. The first-order valence-corrected chi connectivity index (χ1v) is 6.91. The molecule has 0 spiro atoms. The molecule has 112 valence electrons. The summed E-state index contributed by atoms with van der Waals surface area (Å²) in [6, 6.07) is -0.0878. The average molecular weight is 272 g/mol. The Balaban J connectivity index is 2.67. The van der Waals surface area contributed by atoms with Crippen LogP contribution in [0, 0.1) is 5.41 Å². The van der Waals surface area contributed by atoms with Crippen molar-refractivity contribution in [2.75, 3.05) is 19.7 Å². The third-order valence-electron chi connectivity index (χ3n) is 2.93. The fourth-order valence-corrected chi connectivity index (χ4v) is 2.10. The Bertz CT molecular complexity index is 299. The quantitative estimate of drug-likeness (QED) is 0.806. The molecule has 5 nitrogen and oxygen atoms in total. The van der Waals surface area contributed by atoms with Crippen molar-refractivity contribution in [3.8, 4) is 0 Å². The predicted octanol–water partition coefficient (Wildman–Crippen LogP) is 1.91. The van der Waals surface area contributed by atoms with E-state index in [0.29, 0.717) is 6.61 Å². The smallest absolute Gasteiger partial charge is 0.407 e. The molecule has 1 aliphatic heterocycles. The van der Waals surface area contributed by atoms with Crippen molar-refractivity contribution >= 4 is 6.09 Å². The summed E-state index contributed by atoms with van der Waals surface area (Å²) < 4.78 is 11.1. The van der Waals surface area contributed by atoms with E-state index >= 15 is 0 Å². The van der Waals surface area contributed by atoms with Crippen LogP contribution in [0.1, 0.15) is 41.5 Å². The van der Waals surface area contributed by atoms with Crippen LogP contribution >= 0.6 is 0 Å². The summed E-state index contributed by atoms with van der Waals surface area (Å²) in [7, 11) is 0. The van der Waals surface area contributed by atoms with Gasteiger partial charge in [0, 0.05) is 13.1 Å². The monoisotopic (exact) mass is 272 g/mol. The van der Waals surface area contributed by atoms with Crippen molar-refractivity contribution in [3.05, 3.63) is 0 Å². The lowest BCUT2D eigenvalue weighted by Crippen LogP contribution is -2.58. The highest BCUT2D eigenvalue weighted by Crippen LogP contribution is 2.24. The van der Waals surface area contributed by atoms with Crippen LogP contribution in [0.25, 0.3) is 0 Å². The fourth-order valence-electron chi connectivity index (χ4n) is 2.10. The molecule has 0 bridgehead atoms. The first kappa shape index (κ1) is 16.2. The highest BCUT2D eigenvalue weighted by Gasteiger charge is 2.36. The Labute approximate surface area is 116 Å².